The summed E-state index contributed by atoms with van der Waals surface area (Å²) in [5.41, 5.74) is 0. The molecule has 0 amide bonds. The molecule has 0 aromatic rings. The minimum absolute atomic E-state index is 0.125. The smallest absolute Gasteiger partial charge is 0.309 e. The lowest BCUT2D eigenvalue weighted by atomic mass is 10.2. The van der Waals surface area contributed by atoms with Gasteiger partial charge in [-0.2, -0.15) is 0 Å². The van der Waals surface area contributed by atoms with E-state index in [9.17, 15) is 9.59 Å². The molecule has 0 rings (SSSR count). The molecule has 0 aliphatic carbocycles. The monoisotopic (exact) mass is 214 g/mol. The Kier molecular flexibility index (Phi) is 7.32. The van der Waals surface area contributed by atoms with Crippen molar-refractivity contribution in [2.75, 3.05) is 0 Å². The fourth-order valence-electron chi connectivity index (χ4n) is 1.04. The Labute approximate surface area is 89.9 Å². The normalized spacial score (nSPS) is 12.7. The van der Waals surface area contributed by atoms with Crippen molar-refractivity contribution in [1.82, 2.24) is 0 Å². The molecule has 0 aromatic carbocycles. The van der Waals surface area contributed by atoms with E-state index in [2.05, 4.69) is 0 Å². The van der Waals surface area contributed by atoms with E-state index < -0.39 is 12.1 Å². The van der Waals surface area contributed by atoms with Crippen LogP contribution < -0.4 is 0 Å². The molecule has 4 nitrogen and oxygen atoms in total. The van der Waals surface area contributed by atoms with Gasteiger partial charge in [0.1, 0.15) is 6.10 Å². The number of hydrogen-bond donors (Lipinski definition) is 1. The average Bonchev–Trinajstić information content (AvgIpc) is 2.16. The molecule has 0 saturated carbocycles. The SMILES string of the molecule is CC/C=C\CC(=O)OC(CC)CC(=O)O. The van der Waals surface area contributed by atoms with Gasteiger partial charge in [0.15, 0.2) is 0 Å². The molecule has 0 radical (unpaired) electrons. The summed E-state index contributed by atoms with van der Waals surface area (Å²) in [4.78, 5) is 21.6. The first-order chi connectivity index (χ1) is 7.10. The van der Waals surface area contributed by atoms with Gasteiger partial charge in [-0.3, -0.25) is 9.59 Å². The lowest BCUT2D eigenvalue weighted by Crippen LogP contribution is -2.20. The number of aliphatic carboxylic acids is 1. The molecule has 1 unspecified atom stereocenters. The third-order valence-electron chi connectivity index (χ3n) is 1.84. The number of allylic oxidation sites excluding steroid dienone is 1. The van der Waals surface area contributed by atoms with E-state index in [-0.39, 0.29) is 18.8 Å². The van der Waals surface area contributed by atoms with Crippen molar-refractivity contribution in [2.24, 2.45) is 0 Å². The highest BCUT2D eigenvalue weighted by Crippen LogP contribution is 2.05. The van der Waals surface area contributed by atoms with Crippen LogP contribution in [0.5, 0.6) is 0 Å². The minimum Gasteiger partial charge on any atom is -0.481 e. The second kappa shape index (κ2) is 8.03. The molecule has 0 aliphatic rings. The van der Waals surface area contributed by atoms with Gasteiger partial charge in [0, 0.05) is 0 Å². The number of hydrogen-bond acceptors (Lipinski definition) is 3. The number of carbonyl (C=O) groups is 2. The van der Waals surface area contributed by atoms with Crippen LogP contribution in [-0.4, -0.2) is 23.1 Å². The van der Waals surface area contributed by atoms with Gasteiger partial charge < -0.3 is 9.84 Å². The second-order valence-corrected chi connectivity index (χ2v) is 3.20. The zero-order chi connectivity index (χ0) is 11.7. The lowest BCUT2D eigenvalue weighted by Gasteiger charge is -2.12. The van der Waals surface area contributed by atoms with Gasteiger partial charge in [0.25, 0.3) is 0 Å². The summed E-state index contributed by atoms with van der Waals surface area (Å²) in [5.74, 6) is -1.31. The highest BCUT2D eigenvalue weighted by Gasteiger charge is 2.14. The molecule has 1 atom stereocenters. The topological polar surface area (TPSA) is 63.6 Å². The molecule has 86 valence electrons. The predicted molar refractivity (Wildman–Crippen MR) is 56.5 cm³/mol. The Morgan fingerprint density at radius 3 is 2.47 bits per heavy atom. The van der Waals surface area contributed by atoms with Crippen LogP contribution in [0.1, 0.15) is 39.5 Å². The van der Waals surface area contributed by atoms with Gasteiger partial charge in [0.05, 0.1) is 12.8 Å². The maximum Gasteiger partial charge on any atom is 0.309 e. The summed E-state index contributed by atoms with van der Waals surface area (Å²) < 4.78 is 4.99. The molecular formula is C11H18O4. The van der Waals surface area contributed by atoms with Gasteiger partial charge in [-0.15, -0.1) is 0 Å². The largest absolute Gasteiger partial charge is 0.481 e. The van der Waals surface area contributed by atoms with Crippen LogP contribution in [0.15, 0.2) is 12.2 Å². The van der Waals surface area contributed by atoms with E-state index in [4.69, 9.17) is 9.84 Å². The second-order valence-electron chi connectivity index (χ2n) is 3.20. The first-order valence-electron chi connectivity index (χ1n) is 5.16. The van der Waals surface area contributed by atoms with E-state index in [1.54, 1.807) is 13.0 Å². The molecule has 0 fully saturated rings. The molecule has 0 aromatic heterocycles. The lowest BCUT2D eigenvalue weighted by molar-refractivity contribution is -0.152. The maximum absolute atomic E-state index is 11.2. The molecule has 15 heavy (non-hydrogen) atoms. The summed E-state index contributed by atoms with van der Waals surface area (Å²) >= 11 is 0. The predicted octanol–water partition coefficient (Wildman–Crippen LogP) is 2.14. The van der Waals surface area contributed by atoms with E-state index in [0.29, 0.717) is 6.42 Å². The molecule has 0 heterocycles. The van der Waals surface area contributed by atoms with Crippen molar-refractivity contribution in [3.8, 4) is 0 Å². The molecule has 0 spiro atoms. The Bertz CT molecular complexity index is 233. The van der Waals surface area contributed by atoms with Crippen molar-refractivity contribution < 1.29 is 19.4 Å². The first-order valence-corrected chi connectivity index (χ1v) is 5.16. The van der Waals surface area contributed by atoms with Crippen LogP contribution in [0.25, 0.3) is 0 Å². The molecular weight excluding hydrogens is 196 g/mol. The van der Waals surface area contributed by atoms with Crippen molar-refractivity contribution in [3.63, 3.8) is 0 Å². The number of rotatable bonds is 7. The number of carbonyl (C=O) groups excluding carboxylic acids is 1. The highest BCUT2D eigenvalue weighted by molar-refractivity contribution is 5.72. The van der Waals surface area contributed by atoms with E-state index in [0.717, 1.165) is 6.42 Å². The van der Waals surface area contributed by atoms with Gasteiger partial charge in [-0.25, -0.2) is 0 Å². The number of esters is 1. The molecule has 4 heteroatoms. The maximum atomic E-state index is 11.2. The summed E-state index contributed by atoms with van der Waals surface area (Å²) in [6.45, 7) is 3.77. The van der Waals surface area contributed by atoms with Crippen molar-refractivity contribution >= 4 is 11.9 Å². The van der Waals surface area contributed by atoms with E-state index in [1.807, 2.05) is 13.0 Å². The van der Waals surface area contributed by atoms with E-state index in [1.165, 1.54) is 0 Å². The molecule has 0 bridgehead atoms. The van der Waals surface area contributed by atoms with Crippen molar-refractivity contribution in [3.05, 3.63) is 12.2 Å². The summed E-state index contributed by atoms with van der Waals surface area (Å²) in [6, 6.07) is 0. The third kappa shape index (κ3) is 7.73. The first kappa shape index (κ1) is 13.7. The van der Waals surface area contributed by atoms with Gasteiger partial charge in [-0.1, -0.05) is 26.0 Å². The Hall–Kier alpha value is -1.32. The van der Waals surface area contributed by atoms with Crippen LogP contribution in [0.4, 0.5) is 0 Å². The van der Waals surface area contributed by atoms with Gasteiger partial charge in [0.2, 0.25) is 0 Å². The number of ether oxygens (including phenoxy) is 1. The third-order valence-corrected chi connectivity index (χ3v) is 1.84. The fraction of sp³-hybridized carbons (Fsp3) is 0.636. The van der Waals surface area contributed by atoms with Crippen molar-refractivity contribution in [2.45, 2.75) is 45.6 Å². The van der Waals surface area contributed by atoms with Gasteiger partial charge >= 0.3 is 11.9 Å². The van der Waals surface area contributed by atoms with Crippen LogP contribution in [0.2, 0.25) is 0 Å². The standard InChI is InChI=1S/C11H18O4/c1-3-5-6-7-11(14)15-9(4-2)8-10(12)13/h5-6,9H,3-4,7-8H2,1-2H3,(H,12,13)/b6-5-. The van der Waals surface area contributed by atoms with Gasteiger partial charge in [-0.05, 0) is 12.8 Å². The average molecular weight is 214 g/mol. The molecule has 0 aliphatic heterocycles. The Morgan fingerprint density at radius 2 is 2.00 bits per heavy atom. The van der Waals surface area contributed by atoms with Crippen LogP contribution in [-0.2, 0) is 14.3 Å². The molecule has 1 N–H and O–H groups in total. The zero-order valence-corrected chi connectivity index (χ0v) is 9.23. The Morgan fingerprint density at radius 1 is 1.33 bits per heavy atom. The summed E-state index contributed by atoms with van der Waals surface area (Å²) in [7, 11) is 0. The highest BCUT2D eigenvalue weighted by atomic mass is 16.5. The number of carboxylic acid groups (broad SMARTS) is 1. The minimum atomic E-state index is -0.946. The van der Waals surface area contributed by atoms with E-state index >= 15 is 0 Å². The fourth-order valence-corrected chi connectivity index (χ4v) is 1.04. The van der Waals surface area contributed by atoms with Crippen molar-refractivity contribution in [1.29, 1.82) is 0 Å². The summed E-state index contributed by atoms with van der Waals surface area (Å²) in [5, 5.41) is 8.54. The van der Waals surface area contributed by atoms with Crippen LogP contribution >= 0.6 is 0 Å². The van der Waals surface area contributed by atoms with Crippen LogP contribution in [0, 0.1) is 0 Å². The molecule has 0 saturated heterocycles. The quantitative estimate of drug-likeness (QED) is 0.521. The number of carboxylic acids is 1. The zero-order valence-electron chi connectivity index (χ0n) is 9.23. The van der Waals surface area contributed by atoms with Crippen LogP contribution in [0.3, 0.4) is 0 Å². The Balaban J connectivity index is 3.90. The summed E-state index contributed by atoms with van der Waals surface area (Å²) in [6.07, 6.45) is 4.58.